The van der Waals surface area contributed by atoms with E-state index in [2.05, 4.69) is 10.6 Å². The summed E-state index contributed by atoms with van der Waals surface area (Å²) >= 11 is 0. The molecule has 1 aromatic rings. The van der Waals surface area contributed by atoms with Gasteiger partial charge >= 0.3 is 0 Å². The number of carbonyl (C=O) groups excluding carboxylic acids is 1. The molecular weight excluding hydrogens is 234 g/mol. The molecule has 0 fully saturated rings. The summed E-state index contributed by atoms with van der Waals surface area (Å²) in [4.78, 5) is 21.2. The van der Waals surface area contributed by atoms with Gasteiger partial charge in [-0.15, -0.1) is 0 Å². The van der Waals surface area contributed by atoms with Crippen LogP contribution in [0.5, 0.6) is 0 Å². The second kappa shape index (κ2) is 7.39. The van der Waals surface area contributed by atoms with Gasteiger partial charge in [0.25, 0.3) is 5.69 Å². The first-order chi connectivity index (χ1) is 8.63. The van der Waals surface area contributed by atoms with Gasteiger partial charge in [0.05, 0.1) is 4.92 Å². The Balaban J connectivity index is 2.27. The summed E-state index contributed by atoms with van der Waals surface area (Å²) in [5.74, 6) is 0.0219. The molecule has 0 radical (unpaired) electrons. The fourth-order valence-corrected chi connectivity index (χ4v) is 1.46. The van der Waals surface area contributed by atoms with E-state index in [-0.39, 0.29) is 11.6 Å². The predicted molar refractivity (Wildman–Crippen MR) is 68.1 cm³/mol. The summed E-state index contributed by atoms with van der Waals surface area (Å²) in [6, 6.07) is 6.36. The summed E-state index contributed by atoms with van der Waals surface area (Å²) in [7, 11) is 0. The molecule has 0 spiro atoms. The normalized spacial score (nSPS) is 10.1. The van der Waals surface area contributed by atoms with Gasteiger partial charge in [-0.25, -0.2) is 0 Å². The molecule has 18 heavy (non-hydrogen) atoms. The molecule has 0 aliphatic heterocycles. The molecule has 0 aliphatic rings. The molecule has 0 unspecified atom stereocenters. The van der Waals surface area contributed by atoms with E-state index in [1.165, 1.54) is 12.1 Å². The maximum absolute atomic E-state index is 11.1. The number of hydrogen-bond donors (Lipinski definition) is 2. The highest BCUT2D eigenvalue weighted by Gasteiger charge is 2.03. The van der Waals surface area contributed by atoms with E-state index >= 15 is 0 Å². The van der Waals surface area contributed by atoms with E-state index in [4.69, 9.17) is 0 Å². The minimum atomic E-state index is -0.424. The quantitative estimate of drug-likeness (QED) is 0.433. The third kappa shape index (κ3) is 4.92. The van der Waals surface area contributed by atoms with Crippen molar-refractivity contribution >= 4 is 11.6 Å². The number of nitrogens with one attached hydrogen (secondary N) is 2. The van der Waals surface area contributed by atoms with Crippen molar-refractivity contribution in [2.45, 2.75) is 19.9 Å². The highest BCUT2D eigenvalue weighted by Crippen LogP contribution is 2.11. The Labute approximate surface area is 106 Å². The van der Waals surface area contributed by atoms with Crippen molar-refractivity contribution < 1.29 is 9.72 Å². The lowest BCUT2D eigenvalue weighted by Gasteiger charge is -2.05. The number of hydrogen-bond acceptors (Lipinski definition) is 4. The molecule has 1 rings (SSSR count). The van der Waals surface area contributed by atoms with Gasteiger partial charge in [-0.2, -0.15) is 0 Å². The second-order valence-electron chi connectivity index (χ2n) is 3.80. The third-order valence-electron chi connectivity index (χ3n) is 2.38. The standard InChI is InChI=1S/C12H17N3O3/c1-2-14-12(16)7-8-13-9-10-3-5-11(6-4-10)15(17)18/h3-6,13H,2,7-9H2,1H3,(H,14,16). The van der Waals surface area contributed by atoms with Gasteiger partial charge in [-0.1, -0.05) is 12.1 Å². The largest absolute Gasteiger partial charge is 0.356 e. The van der Waals surface area contributed by atoms with E-state index in [0.29, 0.717) is 26.1 Å². The van der Waals surface area contributed by atoms with Crippen molar-refractivity contribution in [3.05, 3.63) is 39.9 Å². The number of non-ortho nitro benzene ring substituents is 1. The fourth-order valence-electron chi connectivity index (χ4n) is 1.46. The number of nitrogens with zero attached hydrogens (tertiary/aromatic N) is 1. The molecule has 0 heterocycles. The first-order valence-corrected chi connectivity index (χ1v) is 5.84. The number of amides is 1. The molecule has 98 valence electrons. The molecule has 0 saturated carbocycles. The van der Waals surface area contributed by atoms with Crippen LogP contribution in [-0.2, 0) is 11.3 Å². The van der Waals surface area contributed by atoms with Gasteiger partial charge in [0, 0.05) is 38.2 Å². The molecule has 0 atom stereocenters. The van der Waals surface area contributed by atoms with Crippen molar-refractivity contribution in [1.29, 1.82) is 0 Å². The average Bonchev–Trinajstić information content (AvgIpc) is 2.35. The summed E-state index contributed by atoms with van der Waals surface area (Å²) in [5, 5.41) is 16.3. The molecule has 6 heteroatoms. The van der Waals surface area contributed by atoms with Crippen molar-refractivity contribution in [2.75, 3.05) is 13.1 Å². The Hall–Kier alpha value is -1.95. The van der Waals surface area contributed by atoms with Crippen LogP contribution >= 0.6 is 0 Å². The van der Waals surface area contributed by atoms with Crippen LogP contribution in [-0.4, -0.2) is 23.9 Å². The van der Waals surface area contributed by atoms with E-state index in [0.717, 1.165) is 5.56 Å². The van der Waals surface area contributed by atoms with Gasteiger partial charge < -0.3 is 10.6 Å². The maximum atomic E-state index is 11.1. The Morgan fingerprint density at radius 2 is 2.00 bits per heavy atom. The first kappa shape index (κ1) is 14.1. The SMILES string of the molecule is CCNC(=O)CCNCc1ccc([N+](=O)[O-])cc1. The molecule has 1 aromatic carbocycles. The summed E-state index contributed by atoms with van der Waals surface area (Å²) in [6.45, 7) is 3.70. The van der Waals surface area contributed by atoms with Crippen LogP contribution in [0, 0.1) is 10.1 Å². The molecule has 0 aromatic heterocycles. The van der Waals surface area contributed by atoms with Crippen LogP contribution in [0.2, 0.25) is 0 Å². The summed E-state index contributed by atoms with van der Waals surface area (Å²) in [5.41, 5.74) is 1.04. The van der Waals surface area contributed by atoms with Crippen molar-refractivity contribution in [3.8, 4) is 0 Å². The number of nitro groups is 1. The second-order valence-corrected chi connectivity index (χ2v) is 3.80. The van der Waals surface area contributed by atoms with Gasteiger partial charge in [0.1, 0.15) is 0 Å². The van der Waals surface area contributed by atoms with Crippen LogP contribution in [0.3, 0.4) is 0 Å². The van der Waals surface area contributed by atoms with E-state index in [9.17, 15) is 14.9 Å². The molecular formula is C12H17N3O3. The highest BCUT2D eigenvalue weighted by molar-refractivity contribution is 5.75. The Morgan fingerprint density at radius 3 is 2.56 bits per heavy atom. The smallest absolute Gasteiger partial charge is 0.269 e. The highest BCUT2D eigenvalue weighted by atomic mass is 16.6. The minimum Gasteiger partial charge on any atom is -0.356 e. The Bertz CT molecular complexity index is 404. The van der Waals surface area contributed by atoms with E-state index < -0.39 is 4.92 Å². The number of nitro benzene ring substituents is 1. The number of carbonyl (C=O) groups is 1. The molecule has 1 amide bonds. The number of rotatable bonds is 7. The Kier molecular flexibility index (Phi) is 5.79. The molecule has 2 N–H and O–H groups in total. The van der Waals surface area contributed by atoms with Gasteiger partial charge in [-0.3, -0.25) is 14.9 Å². The summed E-state index contributed by atoms with van der Waals surface area (Å²) in [6.07, 6.45) is 0.431. The zero-order valence-electron chi connectivity index (χ0n) is 10.3. The lowest BCUT2D eigenvalue weighted by atomic mass is 10.2. The van der Waals surface area contributed by atoms with E-state index in [1.54, 1.807) is 12.1 Å². The summed E-state index contributed by atoms with van der Waals surface area (Å²) < 4.78 is 0. The first-order valence-electron chi connectivity index (χ1n) is 5.84. The zero-order valence-corrected chi connectivity index (χ0v) is 10.3. The van der Waals surface area contributed by atoms with Crippen molar-refractivity contribution in [1.82, 2.24) is 10.6 Å². The van der Waals surface area contributed by atoms with Crippen molar-refractivity contribution in [2.24, 2.45) is 0 Å². The van der Waals surface area contributed by atoms with Crippen LogP contribution in [0.1, 0.15) is 18.9 Å². The van der Waals surface area contributed by atoms with Crippen molar-refractivity contribution in [3.63, 3.8) is 0 Å². The topological polar surface area (TPSA) is 84.3 Å². The van der Waals surface area contributed by atoms with Gasteiger partial charge in [0.2, 0.25) is 5.91 Å². The van der Waals surface area contributed by atoms with Crippen LogP contribution in [0.4, 0.5) is 5.69 Å². The minimum absolute atomic E-state index is 0.0219. The molecule has 0 saturated heterocycles. The van der Waals surface area contributed by atoms with Crippen LogP contribution in [0.25, 0.3) is 0 Å². The van der Waals surface area contributed by atoms with Gasteiger partial charge in [-0.05, 0) is 12.5 Å². The number of benzene rings is 1. The van der Waals surface area contributed by atoms with Crippen LogP contribution in [0.15, 0.2) is 24.3 Å². The Morgan fingerprint density at radius 1 is 1.33 bits per heavy atom. The lowest BCUT2D eigenvalue weighted by molar-refractivity contribution is -0.384. The molecule has 0 aliphatic carbocycles. The molecule has 0 bridgehead atoms. The maximum Gasteiger partial charge on any atom is 0.269 e. The van der Waals surface area contributed by atoms with Crippen LogP contribution < -0.4 is 10.6 Å². The zero-order chi connectivity index (χ0) is 13.4. The fraction of sp³-hybridized carbons (Fsp3) is 0.417. The monoisotopic (exact) mass is 251 g/mol. The van der Waals surface area contributed by atoms with Gasteiger partial charge in [0.15, 0.2) is 0 Å². The predicted octanol–water partition coefficient (Wildman–Crippen LogP) is 1.21. The van der Waals surface area contributed by atoms with E-state index in [1.807, 2.05) is 6.92 Å². The average molecular weight is 251 g/mol. The lowest BCUT2D eigenvalue weighted by Crippen LogP contribution is -2.27. The molecule has 6 nitrogen and oxygen atoms in total. The third-order valence-corrected chi connectivity index (χ3v) is 2.38.